The van der Waals surface area contributed by atoms with Gasteiger partial charge in [-0.05, 0) is 54.8 Å². The lowest BCUT2D eigenvalue weighted by molar-refractivity contribution is 0.211. The number of ether oxygens (including phenoxy) is 3. The third-order valence-electron chi connectivity index (χ3n) is 3.55. The molecule has 0 aliphatic carbocycles. The van der Waals surface area contributed by atoms with Gasteiger partial charge in [0.25, 0.3) is 0 Å². The van der Waals surface area contributed by atoms with Gasteiger partial charge in [0.05, 0.1) is 7.11 Å². The standard InChI is InChI=1S/C18H23NO3/c1-13-4-6-16(10-14(13)2)21-8-9-22-17-7-5-15(12-19)11-18(17)20-3/h4-7,10-11H,8-9,12,19H2,1-3H3. The minimum atomic E-state index is 0.450. The maximum Gasteiger partial charge on any atom is 0.161 e. The highest BCUT2D eigenvalue weighted by molar-refractivity contribution is 5.43. The van der Waals surface area contributed by atoms with Gasteiger partial charge >= 0.3 is 0 Å². The molecule has 4 nitrogen and oxygen atoms in total. The highest BCUT2D eigenvalue weighted by Crippen LogP contribution is 2.27. The lowest BCUT2D eigenvalue weighted by atomic mass is 10.1. The first-order valence-electron chi connectivity index (χ1n) is 7.34. The number of nitrogens with two attached hydrogens (primary N) is 1. The number of methoxy groups -OCH3 is 1. The summed E-state index contributed by atoms with van der Waals surface area (Å²) in [7, 11) is 1.62. The van der Waals surface area contributed by atoms with Crippen LogP contribution in [0.1, 0.15) is 16.7 Å². The van der Waals surface area contributed by atoms with Gasteiger partial charge in [0.15, 0.2) is 11.5 Å². The Morgan fingerprint density at radius 3 is 2.32 bits per heavy atom. The van der Waals surface area contributed by atoms with Gasteiger partial charge in [0.2, 0.25) is 0 Å². The average molecular weight is 301 g/mol. The molecule has 0 unspecified atom stereocenters. The van der Waals surface area contributed by atoms with Gasteiger partial charge in [0.1, 0.15) is 19.0 Å². The Morgan fingerprint density at radius 1 is 0.864 bits per heavy atom. The van der Waals surface area contributed by atoms with Gasteiger partial charge in [-0.3, -0.25) is 0 Å². The first kappa shape index (κ1) is 16.2. The predicted molar refractivity (Wildman–Crippen MR) is 87.8 cm³/mol. The average Bonchev–Trinajstić information content (AvgIpc) is 2.54. The van der Waals surface area contributed by atoms with Crippen LogP contribution in [0.25, 0.3) is 0 Å². The molecule has 2 aromatic carbocycles. The second kappa shape index (κ2) is 7.71. The van der Waals surface area contributed by atoms with E-state index < -0.39 is 0 Å². The van der Waals surface area contributed by atoms with Gasteiger partial charge in [-0.2, -0.15) is 0 Å². The lowest BCUT2D eigenvalue weighted by Gasteiger charge is -2.13. The third kappa shape index (κ3) is 4.15. The number of benzene rings is 2. The van der Waals surface area contributed by atoms with Crippen molar-refractivity contribution in [3.05, 3.63) is 53.1 Å². The molecule has 0 aliphatic heterocycles. The molecular formula is C18H23NO3. The van der Waals surface area contributed by atoms with Crippen molar-refractivity contribution in [2.75, 3.05) is 20.3 Å². The van der Waals surface area contributed by atoms with Crippen LogP contribution in [0.15, 0.2) is 36.4 Å². The van der Waals surface area contributed by atoms with E-state index in [1.54, 1.807) is 7.11 Å². The smallest absolute Gasteiger partial charge is 0.161 e. The lowest BCUT2D eigenvalue weighted by Crippen LogP contribution is -2.10. The summed E-state index contributed by atoms with van der Waals surface area (Å²) in [6.07, 6.45) is 0. The molecule has 0 bridgehead atoms. The molecule has 0 radical (unpaired) electrons. The zero-order chi connectivity index (χ0) is 15.9. The summed E-state index contributed by atoms with van der Waals surface area (Å²) in [5, 5.41) is 0. The minimum absolute atomic E-state index is 0.450. The normalized spacial score (nSPS) is 10.4. The topological polar surface area (TPSA) is 53.7 Å². The highest BCUT2D eigenvalue weighted by atomic mass is 16.5. The van der Waals surface area contributed by atoms with E-state index in [-0.39, 0.29) is 0 Å². The van der Waals surface area contributed by atoms with Crippen LogP contribution in [0.5, 0.6) is 17.2 Å². The first-order chi connectivity index (χ1) is 10.6. The van der Waals surface area contributed by atoms with Crippen LogP contribution in [-0.2, 0) is 6.54 Å². The fraction of sp³-hybridized carbons (Fsp3) is 0.333. The predicted octanol–water partition coefficient (Wildman–Crippen LogP) is 3.23. The quantitative estimate of drug-likeness (QED) is 0.798. The molecule has 4 heteroatoms. The molecule has 0 aromatic heterocycles. The Morgan fingerprint density at radius 2 is 1.64 bits per heavy atom. The SMILES string of the molecule is COc1cc(CN)ccc1OCCOc1ccc(C)c(C)c1. The monoisotopic (exact) mass is 301 g/mol. The van der Waals surface area contributed by atoms with E-state index >= 15 is 0 Å². The van der Waals surface area contributed by atoms with Crippen LogP contribution in [0.3, 0.4) is 0 Å². The molecule has 0 saturated carbocycles. The zero-order valence-electron chi connectivity index (χ0n) is 13.4. The van der Waals surface area contributed by atoms with Crippen molar-refractivity contribution in [2.45, 2.75) is 20.4 Å². The summed E-state index contributed by atoms with van der Waals surface area (Å²) in [6, 6.07) is 11.8. The van der Waals surface area contributed by atoms with Crippen molar-refractivity contribution < 1.29 is 14.2 Å². The van der Waals surface area contributed by atoms with Crippen molar-refractivity contribution in [3.63, 3.8) is 0 Å². The maximum absolute atomic E-state index is 5.71. The fourth-order valence-corrected chi connectivity index (χ4v) is 2.07. The van der Waals surface area contributed by atoms with Crippen molar-refractivity contribution in [2.24, 2.45) is 5.73 Å². The van der Waals surface area contributed by atoms with Crippen LogP contribution in [-0.4, -0.2) is 20.3 Å². The molecule has 0 heterocycles. The first-order valence-corrected chi connectivity index (χ1v) is 7.34. The molecule has 0 spiro atoms. The zero-order valence-corrected chi connectivity index (χ0v) is 13.4. The van der Waals surface area contributed by atoms with Crippen LogP contribution in [0, 0.1) is 13.8 Å². The van der Waals surface area contributed by atoms with E-state index in [4.69, 9.17) is 19.9 Å². The van der Waals surface area contributed by atoms with Crippen LogP contribution in [0.4, 0.5) is 0 Å². The van der Waals surface area contributed by atoms with E-state index in [9.17, 15) is 0 Å². The summed E-state index contributed by atoms with van der Waals surface area (Å²) >= 11 is 0. The van der Waals surface area contributed by atoms with Gasteiger partial charge < -0.3 is 19.9 Å². The third-order valence-corrected chi connectivity index (χ3v) is 3.55. The van der Waals surface area contributed by atoms with Crippen molar-refractivity contribution in [1.29, 1.82) is 0 Å². The molecule has 0 atom stereocenters. The molecule has 0 amide bonds. The van der Waals surface area contributed by atoms with E-state index in [1.807, 2.05) is 30.3 Å². The molecule has 118 valence electrons. The summed E-state index contributed by atoms with van der Waals surface area (Å²) in [5.41, 5.74) is 9.10. The summed E-state index contributed by atoms with van der Waals surface area (Å²) in [5.74, 6) is 2.25. The van der Waals surface area contributed by atoms with E-state index in [1.165, 1.54) is 11.1 Å². The molecule has 0 aliphatic rings. The van der Waals surface area contributed by atoms with Crippen LogP contribution >= 0.6 is 0 Å². The summed E-state index contributed by atoms with van der Waals surface area (Å²) in [4.78, 5) is 0. The largest absolute Gasteiger partial charge is 0.493 e. The highest BCUT2D eigenvalue weighted by Gasteiger charge is 2.05. The number of rotatable bonds is 7. The number of hydrogen-bond donors (Lipinski definition) is 1. The van der Waals surface area contributed by atoms with Crippen molar-refractivity contribution in [3.8, 4) is 17.2 Å². The molecular weight excluding hydrogens is 278 g/mol. The Kier molecular flexibility index (Phi) is 5.67. The van der Waals surface area contributed by atoms with Crippen molar-refractivity contribution >= 4 is 0 Å². The fourth-order valence-electron chi connectivity index (χ4n) is 2.07. The Labute approximate surface area is 131 Å². The van der Waals surface area contributed by atoms with Crippen LogP contribution < -0.4 is 19.9 Å². The van der Waals surface area contributed by atoms with Crippen molar-refractivity contribution in [1.82, 2.24) is 0 Å². The molecule has 22 heavy (non-hydrogen) atoms. The van der Waals surface area contributed by atoms with E-state index in [2.05, 4.69) is 19.9 Å². The maximum atomic E-state index is 5.71. The van der Waals surface area contributed by atoms with Gasteiger partial charge in [0, 0.05) is 6.54 Å². The van der Waals surface area contributed by atoms with E-state index in [0.29, 0.717) is 31.3 Å². The number of aryl methyl sites for hydroxylation is 2. The Balaban J connectivity index is 1.87. The molecule has 0 fully saturated rings. The Bertz CT molecular complexity index is 626. The molecule has 2 rings (SSSR count). The van der Waals surface area contributed by atoms with Gasteiger partial charge in [-0.15, -0.1) is 0 Å². The van der Waals surface area contributed by atoms with Gasteiger partial charge in [-0.1, -0.05) is 12.1 Å². The molecule has 0 saturated heterocycles. The minimum Gasteiger partial charge on any atom is -0.493 e. The van der Waals surface area contributed by atoms with Gasteiger partial charge in [-0.25, -0.2) is 0 Å². The molecule has 2 N–H and O–H groups in total. The summed E-state index contributed by atoms with van der Waals surface area (Å²) in [6.45, 7) is 5.56. The van der Waals surface area contributed by atoms with E-state index in [0.717, 1.165) is 11.3 Å². The number of hydrogen-bond acceptors (Lipinski definition) is 4. The van der Waals surface area contributed by atoms with Crippen LogP contribution in [0.2, 0.25) is 0 Å². The second-order valence-corrected chi connectivity index (χ2v) is 5.13. The second-order valence-electron chi connectivity index (χ2n) is 5.13. The molecule has 2 aromatic rings. The Hall–Kier alpha value is -2.20. The summed E-state index contributed by atoms with van der Waals surface area (Å²) < 4.78 is 16.7.